The van der Waals surface area contributed by atoms with E-state index in [9.17, 15) is 4.79 Å². The van der Waals surface area contributed by atoms with Gasteiger partial charge in [-0.1, -0.05) is 110 Å². The van der Waals surface area contributed by atoms with Crippen LogP contribution in [-0.2, 0) is 19.3 Å². The first kappa shape index (κ1) is 29.8. The molecule has 1 heterocycles. The van der Waals surface area contributed by atoms with Crippen molar-refractivity contribution in [3.8, 4) is 0 Å². The lowest BCUT2D eigenvalue weighted by Gasteiger charge is -2.29. The SMILES string of the molecule is CCCN(CCCc1ccc2c(c1)C(=O)N(CCCc1ccccc1)CC2)CCC(c1ccccc1)c1ccccc1. The van der Waals surface area contributed by atoms with Crippen LogP contribution in [0.25, 0.3) is 0 Å². The predicted octanol–water partition coefficient (Wildman–Crippen LogP) is 8.18. The number of rotatable bonds is 15. The fraction of sp³-hybridized carbons (Fsp3) is 0.359. The Labute approximate surface area is 253 Å². The Kier molecular flexibility index (Phi) is 11.0. The normalized spacial score (nSPS) is 13.1. The first-order valence-electron chi connectivity index (χ1n) is 16.0. The number of hydrogen-bond donors (Lipinski definition) is 0. The molecule has 0 saturated heterocycles. The monoisotopic (exact) mass is 558 g/mol. The lowest BCUT2D eigenvalue weighted by Crippen LogP contribution is -2.38. The Morgan fingerprint density at radius 3 is 2.02 bits per heavy atom. The second-order valence-corrected chi connectivity index (χ2v) is 11.7. The highest BCUT2D eigenvalue weighted by Gasteiger charge is 2.24. The maximum absolute atomic E-state index is 13.4. The summed E-state index contributed by atoms with van der Waals surface area (Å²) in [7, 11) is 0. The lowest BCUT2D eigenvalue weighted by molar-refractivity contribution is 0.0738. The van der Waals surface area contributed by atoms with E-state index < -0.39 is 0 Å². The van der Waals surface area contributed by atoms with Crippen LogP contribution in [0.1, 0.15) is 76.7 Å². The summed E-state index contributed by atoms with van der Waals surface area (Å²) >= 11 is 0. The van der Waals surface area contributed by atoms with Crippen molar-refractivity contribution in [1.82, 2.24) is 9.80 Å². The minimum atomic E-state index is 0.214. The molecule has 42 heavy (non-hydrogen) atoms. The van der Waals surface area contributed by atoms with E-state index >= 15 is 0 Å². The smallest absolute Gasteiger partial charge is 0.254 e. The van der Waals surface area contributed by atoms with Gasteiger partial charge in [0.25, 0.3) is 5.91 Å². The van der Waals surface area contributed by atoms with Crippen molar-refractivity contribution in [1.29, 1.82) is 0 Å². The van der Waals surface area contributed by atoms with Crippen LogP contribution < -0.4 is 0 Å². The third-order valence-electron chi connectivity index (χ3n) is 8.70. The van der Waals surface area contributed by atoms with Gasteiger partial charge in [0.15, 0.2) is 0 Å². The molecule has 0 atom stereocenters. The first-order chi connectivity index (χ1) is 20.7. The van der Waals surface area contributed by atoms with Crippen LogP contribution in [0.4, 0.5) is 0 Å². The number of fused-ring (bicyclic) bond motifs is 1. The maximum Gasteiger partial charge on any atom is 0.254 e. The van der Waals surface area contributed by atoms with E-state index in [1.54, 1.807) is 0 Å². The summed E-state index contributed by atoms with van der Waals surface area (Å²) < 4.78 is 0. The molecule has 218 valence electrons. The molecule has 1 aliphatic heterocycles. The van der Waals surface area contributed by atoms with Crippen molar-refractivity contribution in [2.45, 2.75) is 57.8 Å². The van der Waals surface area contributed by atoms with Gasteiger partial charge >= 0.3 is 0 Å². The minimum absolute atomic E-state index is 0.214. The molecule has 0 bridgehead atoms. The van der Waals surface area contributed by atoms with E-state index in [-0.39, 0.29) is 5.91 Å². The van der Waals surface area contributed by atoms with E-state index in [1.165, 1.54) is 27.8 Å². The zero-order chi connectivity index (χ0) is 29.0. The summed E-state index contributed by atoms with van der Waals surface area (Å²) in [4.78, 5) is 18.1. The molecule has 3 heteroatoms. The number of carbonyl (C=O) groups excluding carboxylic acids is 1. The van der Waals surface area contributed by atoms with E-state index in [0.717, 1.165) is 83.2 Å². The number of carbonyl (C=O) groups is 1. The highest BCUT2D eigenvalue weighted by Crippen LogP contribution is 2.28. The van der Waals surface area contributed by atoms with Crippen LogP contribution in [0.2, 0.25) is 0 Å². The molecule has 0 spiro atoms. The minimum Gasteiger partial charge on any atom is -0.338 e. The fourth-order valence-electron chi connectivity index (χ4n) is 6.42. The second-order valence-electron chi connectivity index (χ2n) is 11.7. The van der Waals surface area contributed by atoms with Gasteiger partial charge in [-0.25, -0.2) is 0 Å². The Morgan fingerprint density at radius 1 is 0.714 bits per heavy atom. The predicted molar refractivity (Wildman–Crippen MR) is 175 cm³/mol. The third-order valence-corrected chi connectivity index (χ3v) is 8.70. The van der Waals surface area contributed by atoms with Gasteiger partial charge in [-0.05, 0) is 98.5 Å². The van der Waals surface area contributed by atoms with Crippen molar-refractivity contribution in [3.63, 3.8) is 0 Å². The Balaban J connectivity index is 1.14. The third kappa shape index (κ3) is 8.20. The van der Waals surface area contributed by atoms with Gasteiger partial charge < -0.3 is 9.80 Å². The van der Waals surface area contributed by atoms with Gasteiger partial charge in [0.2, 0.25) is 0 Å². The second kappa shape index (κ2) is 15.5. The van der Waals surface area contributed by atoms with Gasteiger partial charge in [-0.15, -0.1) is 0 Å². The summed E-state index contributed by atoms with van der Waals surface area (Å²) in [5, 5.41) is 0. The molecule has 0 radical (unpaired) electrons. The van der Waals surface area contributed by atoms with E-state index in [2.05, 4.69) is 126 Å². The number of amides is 1. The molecule has 1 amide bonds. The van der Waals surface area contributed by atoms with Gasteiger partial charge in [-0.3, -0.25) is 4.79 Å². The van der Waals surface area contributed by atoms with Crippen LogP contribution >= 0.6 is 0 Å². The number of hydrogen-bond acceptors (Lipinski definition) is 2. The average molecular weight is 559 g/mol. The molecule has 0 unspecified atom stereocenters. The van der Waals surface area contributed by atoms with E-state index in [1.807, 2.05) is 0 Å². The highest BCUT2D eigenvalue weighted by molar-refractivity contribution is 5.97. The van der Waals surface area contributed by atoms with E-state index in [4.69, 9.17) is 0 Å². The Hall–Kier alpha value is -3.69. The summed E-state index contributed by atoms with van der Waals surface area (Å²) in [6.45, 7) is 7.23. The molecular formula is C39H46N2O. The number of nitrogens with zero attached hydrogens (tertiary/aromatic N) is 2. The number of benzene rings is 4. The molecule has 4 aromatic rings. The summed E-state index contributed by atoms with van der Waals surface area (Å²) in [6, 6.07) is 39.1. The van der Waals surface area contributed by atoms with Crippen molar-refractivity contribution < 1.29 is 4.79 Å². The summed E-state index contributed by atoms with van der Waals surface area (Å²) in [5.41, 5.74) is 7.57. The molecule has 0 aliphatic carbocycles. The van der Waals surface area contributed by atoms with Gasteiger partial charge in [0.1, 0.15) is 0 Å². The summed E-state index contributed by atoms with van der Waals surface area (Å²) in [5.74, 6) is 0.626. The largest absolute Gasteiger partial charge is 0.338 e. The fourth-order valence-corrected chi connectivity index (χ4v) is 6.42. The molecule has 0 aromatic heterocycles. The van der Waals surface area contributed by atoms with Crippen molar-refractivity contribution in [3.05, 3.63) is 143 Å². The standard InChI is InChI=1S/C39H46N2O/c1-2-26-40(29-25-37(34-18-8-4-9-19-34)35-20-10-5-11-21-35)27-12-17-33-22-23-36-24-30-41(39(42)38(36)31-33)28-13-16-32-14-6-3-7-15-32/h3-11,14-15,18-23,31,37H,2,12-13,16-17,24-30H2,1H3. The van der Waals surface area contributed by atoms with Crippen LogP contribution in [-0.4, -0.2) is 48.4 Å². The van der Waals surface area contributed by atoms with Crippen LogP contribution in [0.5, 0.6) is 0 Å². The molecule has 0 fully saturated rings. The van der Waals surface area contributed by atoms with Gasteiger partial charge in [0, 0.05) is 24.6 Å². The topological polar surface area (TPSA) is 23.6 Å². The Morgan fingerprint density at radius 2 is 1.36 bits per heavy atom. The van der Waals surface area contributed by atoms with Crippen molar-refractivity contribution in [2.24, 2.45) is 0 Å². The molecular weight excluding hydrogens is 512 g/mol. The van der Waals surface area contributed by atoms with Crippen LogP contribution in [0, 0.1) is 0 Å². The molecule has 5 rings (SSSR count). The van der Waals surface area contributed by atoms with E-state index in [0.29, 0.717) is 5.92 Å². The van der Waals surface area contributed by atoms with Gasteiger partial charge in [-0.2, -0.15) is 0 Å². The average Bonchev–Trinajstić information content (AvgIpc) is 3.04. The molecule has 0 N–H and O–H groups in total. The zero-order valence-corrected chi connectivity index (χ0v) is 25.3. The number of aryl methyl sites for hydroxylation is 2. The highest BCUT2D eigenvalue weighted by atomic mass is 16.2. The van der Waals surface area contributed by atoms with Crippen molar-refractivity contribution in [2.75, 3.05) is 32.7 Å². The lowest BCUT2D eigenvalue weighted by atomic mass is 9.88. The van der Waals surface area contributed by atoms with Crippen LogP contribution in [0.3, 0.4) is 0 Å². The quantitative estimate of drug-likeness (QED) is 0.147. The first-order valence-corrected chi connectivity index (χ1v) is 16.0. The molecule has 1 aliphatic rings. The maximum atomic E-state index is 13.4. The summed E-state index contributed by atoms with van der Waals surface area (Å²) in [6.07, 6.45) is 7.37. The molecule has 3 nitrogen and oxygen atoms in total. The van der Waals surface area contributed by atoms with Crippen LogP contribution in [0.15, 0.2) is 109 Å². The van der Waals surface area contributed by atoms with Gasteiger partial charge in [0.05, 0.1) is 0 Å². The molecule has 4 aromatic carbocycles. The zero-order valence-electron chi connectivity index (χ0n) is 25.3. The Bertz CT molecular complexity index is 1330. The molecule has 0 saturated carbocycles. The van der Waals surface area contributed by atoms with Crippen molar-refractivity contribution >= 4 is 5.91 Å².